The maximum absolute atomic E-state index is 3.16. The first kappa shape index (κ1) is 7.45. The van der Waals surface area contributed by atoms with Gasteiger partial charge in [0, 0.05) is 25.5 Å². The molecule has 0 saturated carbocycles. The van der Waals surface area contributed by atoms with Gasteiger partial charge in [-0.3, -0.25) is 0 Å². The van der Waals surface area contributed by atoms with Crippen molar-refractivity contribution in [2.24, 2.45) is 0 Å². The standard InChI is InChI=1S/C8H14N2/c1-4-8(2)10-6-5-9(3)7-10/h5-6,8H,4H2,1-3H3. The molecule has 56 valence electrons. The van der Waals surface area contributed by atoms with Gasteiger partial charge in [0.1, 0.15) is 0 Å². The number of rotatable bonds is 2. The number of hydrogen-bond donors (Lipinski definition) is 0. The van der Waals surface area contributed by atoms with E-state index in [1.54, 1.807) is 0 Å². The molecule has 2 radical (unpaired) electrons. The van der Waals surface area contributed by atoms with Crippen molar-refractivity contribution in [2.75, 3.05) is 7.05 Å². The van der Waals surface area contributed by atoms with Gasteiger partial charge in [0.2, 0.25) is 6.67 Å². The summed E-state index contributed by atoms with van der Waals surface area (Å²) < 4.78 is 0. The summed E-state index contributed by atoms with van der Waals surface area (Å²) in [7, 11) is 1.98. The summed E-state index contributed by atoms with van der Waals surface area (Å²) in [4.78, 5) is 4.03. The second-order valence-corrected chi connectivity index (χ2v) is 2.67. The van der Waals surface area contributed by atoms with E-state index in [1.165, 1.54) is 0 Å². The number of nitrogens with zero attached hydrogens (tertiary/aromatic N) is 2. The zero-order chi connectivity index (χ0) is 7.56. The van der Waals surface area contributed by atoms with E-state index in [1.807, 2.05) is 24.3 Å². The van der Waals surface area contributed by atoms with Crippen LogP contribution in [-0.4, -0.2) is 22.9 Å². The maximum atomic E-state index is 3.16. The summed E-state index contributed by atoms with van der Waals surface area (Å²) in [5, 5.41) is 0. The van der Waals surface area contributed by atoms with Crippen LogP contribution in [0.5, 0.6) is 0 Å². The van der Waals surface area contributed by atoms with E-state index in [9.17, 15) is 0 Å². The average Bonchev–Trinajstić information content (AvgIpc) is 2.34. The molecular weight excluding hydrogens is 124 g/mol. The Labute approximate surface area is 63.1 Å². The highest BCUT2D eigenvalue weighted by Gasteiger charge is 2.14. The monoisotopic (exact) mass is 138 g/mol. The quantitative estimate of drug-likeness (QED) is 0.570. The van der Waals surface area contributed by atoms with Crippen LogP contribution in [0.25, 0.3) is 0 Å². The van der Waals surface area contributed by atoms with Crippen LogP contribution in [0.1, 0.15) is 20.3 Å². The van der Waals surface area contributed by atoms with Gasteiger partial charge in [0.05, 0.1) is 0 Å². The van der Waals surface area contributed by atoms with Crippen molar-refractivity contribution in [3.63, 3.8) is 0 Å². The van der Waals surface area contributed by atoms with E-state index in [4.69, 9.17) is 0 Å². The highest BCUT2D eigenvalue weighted by Crippen LogP contribution is 2.13. The summed E-state index contributed by atoms with van der Waals surface area (Å²) in [6.45, 7) is 7.53. The van der Waals surface area contributed by atoms with Crippen LogP contribution in [0.2, 0.25) is 0 Å². The molecule has 0 spiro atoms. The van der Waals surface area contributed by atoms with Crippen LogP contribution in [0.15, 0.2) is 12.4 Å². The molecule has 2 heteroatoms. The predicted molar refractivity (Wildman–Crippen MR) is 41.7 cm³/mol. The van der Waals surface area contributed by atoms with Gasteiger partial charge in [-0.2, -0.15) is 0 Å². The van der Waals surface area contributed by atoms with Crippen LogP contribution >= 0.6 is 0 Å². The van der Waals surface area contributed by atoms with Gasteiger partial charge in [-0.05, 0) is 13.3 Å². The highest BCUT2D eigenvalue weighted by atomic mass is 15.3. The zero-order valence-electron chi connectivity index (χ0n) is 6.83. The normalized spacial score (nSPS) is 20.3. The summed E-state index contributed by atoms with van der Waals surface area (Å²) in [6, 6.07) is 0.571. The lowest BCUT2D eigenvalue weighted by molar-refractivity contribution is 0.303. The van der Waals surface area contributed by atoms with Crippen molar-refractivity contribution in [1.29, 1.82) is 0 Å². The lowest BCUT2D eigenvalue weighted by Crippen LogP contribution is -2.25. The second kappa shape index (κ2) is 2.95. The van der Waals surface area contributed by atoms with Crippen molar-refractivity contribution in [3.05, 3.63) is 19.1 Å². The summed E-state index contributed by atoms with van der Waals surface area (Å²) in [6.07, 6.45) is 5.21. The molecule has 0 aromatic heterocycles. The minimum Gasteiger partial charge on any atom is -0.349 e. The molecule has 0 aromatic rings. The first-order valence-electron chi connectivity index (χ1n) is 3.70. The van der Waals surface area contributed by atoms with Gasteiger partial charge in [0.15, 0.2) is 0 Å². The van der Waals surface area contributed by atoms with Crippen LogP contribution in [0.4, 0.5) is 0 Å². The molecule has 1 aliphatic rings. The summed E-state index contributed by atoms with van der Waals surface area (Å²) in [5.74, 6) is 0. The maximum Gasteiger partial charge on any atom is 0.207 e. The molecule has 1 aliphatic heterocycles. The zero-order valence-corrected chi connectivity index (χ0v) is 6.83. The second-order valence-electron chi connectivity index (χ2n) is 2.67. The molecule has 0 fully saturated rings. The highest BCUT2D eigenvalue weighted by molar-refractivity contribution is 4.97. The molecule has 0 saturated heterocycles. The van der Waals surface area contributed by atoms with Gasteiger partial charge in [-0.25, -0.2) is 0 Å². The Morgan fingerprint density at radius 3 is 2.60 bits per heavy atom. The van der Waals surface area contributed by atoms with Crippen molar-refractivity contribution in [1.82, 2.24) is 9.80 Å². The first-order valence-corrected chi connectivity index (χ1v) is 3.70. The van der Waals surface area contributed by atoms with Crippen molar-refractivity contribution >= 4 is 0 Å². The molecule has 0 bridgehead atoms. The van der Waals surface area contributed by atoms with Crippen LogP contribution < -0.4 is 0 Å². The van der Waals surface area contributed by atoms with Crippen LogP contribution in [0.3, 0.4) is 0 Å². The van der Waals surface area contributed by atoms with E-state index in [2.05, 4.69) is 25.4 Å². The molecule has 1 unspecified atom stereocenters. The van der Waals surface area contributed by atoms with E-state index in [0.29, 0.717) is 6.04 Å². The molecule has 1 heterocycles. The molecule has 1 atom stereocenters. The Morgan fingerprint density at radius 2 is 2.20 bits per heavy atom. The molecule has 10 heavy (non-hydrogen) atoms. The van der Waals surface area contributed by atoms with Crippen molar-refractivity contribution < 1.29 is 0 Å². The Kier molecular flexibility index (Phi) is 2.20. The topological polar surface area (TPSA) is 6.48 Å². The fraction of sp³-hybridized carbons (Fsp3) is 0.625. The largest absolute Gasteiger partial charge is 0.349 e. The number of hydrogen-bond acceptors (Lipinski definition) is 2. The predicted octanol–water partition coefficient (Wildman–Crippen LogP) is 1.50. The molecular formula is C8H14N2. The molecule has 0 aromatic carbocycles. The lowest BCUT2D eigenvalue weighted by Gasteiger charge is -2.21. The Balaban J connectivity index is 2.38. The Morgan fingerprint density at radius 1 is 1.50 bits per heavy atom. The smallest absolute Gasteiger partial charge is 0.207 e. The lowest BCUT2D eigenvalue weighted by atomic mass is 10.2. The van der Waals surface area contributed by atoms with E-state index in [-0.39, 0.29) is 0 Å². The van der Waals surface area contributed by atoms with Gasteiger partial charge < -0.3 is 9.80 Å². The van der Waals surface area contributed by atoms with Gasteiger partial charge in [0.25, 0.3) is 0 Å². The summed E-state index contributed by atoms with van der Waals surface area (Å²) >= 11 is 0. The molecule has 0 N–H and O–H groups in total. The van der Waals surface area contributed by atoms with Crippen molar-refractivity contribution in [3.8, 4) is 0 Å². The molecule has 1 rings (SSSR count). The van der Waals surface area contributed by atoms with E-state index < -0.39 is 0 Å². The molecule has 0 amide bonds. The Hall–Kier alpha value is -0.660. The third-order valence-corrected chi connectivity index (χ3v) is 1.79. The average molecular weight is 138 g/mol. The third-order valence-electron chi connectivity index (χ3n) is 1.79. The van der Waals surface area contributed by atoms with Crippen LogP contribution in [-0.2, 0) is 0 Å². The third kappa shape index (κ3) is 1.43. The first-order chi connectivity index (χ1) is 4.74. The Bertz CT molecular complexity index is 131. The van der Waals surface area contributed by atoms with E-state index in [0.717, 1.165) is 6.42 Å². The molecule has 2 nitrogen and oxygen atoms in total. The minimum atomic E-state index is 0.571. The van der Waals surface area contributed by atoms with E-state index >= 15 is 0 Å². The molecule has 0 aliphatic carbocycles. The van der Waals surface area contributed by atoms with Gasteiger partial charge >= 0.3 is 0 Å². The van der Waals surface area contributed by atoms with Gasteiger partial charge in [-0.15, -0.1) is 0 Å². The fourth-order valence-electron chi connectivity index (χ4n) is 0.863. The SMILES string of the molecule is CCC(C)N1[C]N(C)C=C1. The van der Waals surface area contributed by atoms with Crippen LogP contribution in [0, 0.1) is 6.67 Å². The fourth-order valence-corrected chi connectivity index (χ4v) is 0.863. The summed E-state index contributed by atoms with van der Waals surface area (Å²) in [5.41, 5.74) is 0. The van der Waals surface area contributed by atoms with Crippen molar-refractivity contribution in [2.45, 2.75) is 26.3 Å². The van der Waals surface area contributed by atoms with Gasteiger partial charge in [-0.1, -0.05) is 6.92 Å². The minimum absolute atomic E-state index is 0.571.